The summed E-state index contributed by atoms with van der Waals surface area (Å²) in [4.78, 5) is -0.131. The van der Waals surface area contributed by atoms with Gasteiger partial charge in [0.05, 0.1) is 10.0 Å². The van der Waals surface area contributed by atoms with E-state index in [2.05, 4.69) is 4.72 Å². The van der Waals surface area contributed by atoms with Crippen molar-refractivity contribution >= 4 is 33.2 Å². The largest absolute Gasteiger partial charge is 0.323 e. The van der Waals surface area contributed by atoms with Crippen LogP contribution >= 0.6 is 23.2 Å². The van der Waals surface area contributed by atoms with Gasteiger partial charge in [-0.05, 0) is 17.7 Å². The van der Waals surface area contributed by atoms with Gasteiger partial charge >= 0.3 is 0 Å². The van der Waals surface area contributed by atoms with E-state index >= 15 is 0 Å². The molecular formula is C14H14Cl2N2O2S. The third-order valence-corrected chi connectivity index (χ3v) is 5.29. The normalized spacial score (nSPS) is 13.1. The first-order chi connectivity index (χ1) is 9.92. The lowest BCUT2D eigenvalue weighted by Gasteiger charge is -2.14. The summed E-state index contributed by atoms with van der Waals surface area (Å²) >= 11 is 11.8. The lowest BCUT2D eigenvalue weighted by molar-refractivity contribution is 0.572. The van der Waals surface area contributed by atoms with E-state index in [1.807, 2.05) is 30.3 Å². The van der Waals surface area contributed by atoms with Gasteiger partial charge in [0.1, 0.15) is 4.90 Å². The lowest BCUT2D eigenvalue weighted by atomic mass is 10.1. The predicted octanol–water partition coefficient (Wildman–Crippen LogP) is 2.97. The van der Waals surface area contributed by atoms with Crippen molar-refractivity contribution in [1.82, 2.24) is 4.72 Å². The van der Waals surface area contributed by atoms with Crippen LogP contribution in [0.15, 0.2) is 53.4 Å². The Bertz CT molecular complexity index is 701. The molecule has 0 spiro atoms. The Morgan fingerprint density at radius 1 is 1.00 bits per heavy atom. The fraction of sp³-hybridized carbons (Fsp3) is 0.143. The molecule has 21 heavy (non-hydrogen) atoms. The lowest BCUT2D eigenvalue weighted by Crippen LogP contribution is -2.32. The molecule has 2 aromatic rings. The number of sulfonamides is 1. The molecule has 1 unspecified atom stereocenters. The van der Waals surface area contributed by atoms with Crippen LogP contribution in [0.1, 0.15) is 11.6 Å². The highest BCUT2D eigenvalue weighted by molar-refractivity contribution is 7.89. The number of nitrogens with one attached hydrogen (secondary N) is 1. The van der Waals surface area contributed by atoms with Crippen LogP contribution in [0.25, 0.3) is 0 Å². The van der Waals surface area contributed by atoms with Gasteiger partial charge in [-0.3, -0.25) is 0 Å². The molecule has 0 saturated heterocycles. The molecule has 0 aliphatic heterocycles. The van der Waals surface area contributed by atoms with Crippen LogP contribution in [-0.4, -0.2) is 15.0 Å². The minimum absolute atomic E-state index is 0.0495. The molecule has 0 aromatic heterocycles. The molecule has 2 aromatic carbocycles. The highest BCUT2D eigenvalue weighted by atomic mass is 35.5. The maximum atomic E-state index is 12.3. The summed E-state index contributed by atoms with van der Waals surface area (Å²) in [6, 6.07) is 13.3. The Morgan fingerprint density at radius 2 is 1.57 bits per heavy atom. The third kappa shape index (κ3) is 3.96. The number of hydrogen-bond donors (Lipinski definition) is 2. The van der Waals surface area contributed by atoms with Crippen molar-refractivity contribution in [3.8, 4) is 0 Å². The van der Waals surface area contributed by atoms with E-state index in [0.29, 0.717) is 0 Å². The van der Waals surface area contributed by atoms with Crippen LogP contribution in [0.4, 0.5) is 0 Å². The minimum Gasteiger partial charge on any atom is -0.323 e. The van der Waals surface area contributed by atoms with Crippen LogP contribution in [0.5, 0.6) is 0 Å². The molecule has 0 radical (unpaired) electrons. The molecule has 0 saturated carbocycles. The highest BCUT2D eigenvalue weighted by Gasteiger charge is 2.22. The monoisotopic (exact) mass is 344 g/mol. The third-order valence-electron chi connectivity index (χ3n) is 2.91. The maximum Gasteiger partial charge on any atom is 0.243 e. The Labute approximate surface area is 133 Å². The molecule has 0 bridgehead atoms. The van der Waals surface area contributed by atoms with E-state index in [-0.39, 0.29) is 21.5 Å². The van der Waals surface area contributed by atoms with Gasteiger partial charge in [0.15, 0.2) is 0 Å². The average Bonchev–Trinajstić information content (AvgIpc) is 2.45. The first-order valence-corrected chi connectivity index (χ1v) is 8.40. The van der Waals surface area contributed by atoms with E-state index in [1.165, 1.54) is 12.1 Å². The van der Waals surface area contributed by atoms with Gasteiger partial charge in [0, 0.05) is 12.6 Å². The van der Waals surface area contributed by atoms with Crippen LogP contribution in [0, 0.1) is 0 Å². The van der Waals surface area contributed by atoms with Crippen LogP contribution in [-0.2, 0) is 10.0 Å². The van der Waals surface area contributed by atoms with Gasteiger partial charge in [-0.2, -0.15) is 0 Å². The van der Waals surface area contributed by atoms with Crippen LogP contribution < -0.4 is 10.5 Å². The molecule has 112 valence electrons. The van der Waals surface area contributed by atoms with Crippen molar-refractivity contribution in [2.75, 3.05) is 6.54 Å². The molecule has 0 amide bonds. The number of rotatable bonds is 5. The number of hydrogen-bond acceptors (Lipinski definition) is 3. The molecule has 0 fully saturated rings. The van der Waals surface area contributed by atoms with Crippen molar-refractivity contribution in [2.24, 2.45) is 5.73 Å². The Hall–Kier alpha value is -1.11. The van der Waals surface area contributed by atoms with Crippen molar-refractivity contribution in [3.63, 3.8) is 0 Å². The zero-order chi connectivity index (χ0) is 15.5. The van der Waals surface area contributed by atoms with E-state index in [9.17, 15) is 8.42 Å². The SMILES string of the molecule is NC(CNS(=O)(=O)c1c(Cl)cccc1Cl)c1ccccc1. The van der Waals surface area contributed by atoms with Crippen molar-refractivity contribution in [1.29, 1.82) is 0 Å². The smallest absolute Gasteiger partial charge is 0.243 e. The van der Waals surface area contributed by atoms with Gasteiger partial charge < -0.3 is 5.73 Å². The Kier molecular flexibility index (Phi) is 5.24. The zero-order valence-electron chi connectivity index (χ0n) is 11.0. The van der Waals surface area contributed by atoms with Crippen molar-refractivity contribution in [2.45, 2.75) is 10.9 Å². The van der Waals surface area contributed by atoms with Crippen molar-refractivity contribution < 1.29 is 8.42 Å². The molecule has 0 aliphatic carbocycles. The van der Waals surface area contributed by atoms with Crippen LogP contribution in [0.3, 0.4) is 0 Å². The minimum atomic E-state index is -3.82. The molecule has 2 rings (SSSR count). The van der Waals surface area contributed by atoms with E-state index < -0.39 is 16.1 Å². The van der Waals surface area contributed by atoms with Gasteiger partial charge in [-0.1, -0.05) is 59.6 Å². The Balaban J connectivity index is 2.16. The zero-order valence-corrected chi connectivity index (χ0v) is 13.3. The molecule has 3 N–H and O–H groups in total. The van der Waals surface area contributed by atoms with Gasteiger partial charge in [0.2, 0.25) is 10.0 Å². The van der Waals surface area contributed by atoms with E-state index in [4.69, 9.17) is 28.9 Å². The predicted molar refractivity (Wildman–Crippen MR) is 85.0 cm³/mol. The molecule has 0 heterocycles. The van der Waals surface area contributed by atoms with E-state index in [1.54, 1.807) is 6.07 Å². The van der Waals surface area contributed by atoms with Gasteiger partial charge in [-0.25, -0.2) is 13.1 Å². The van der Waals surface area contributed by atoms with Crippen molar-refractivity contribution in [3.05, 3.63) is 64.1 Å². The molecule has 4 nitrogen and oxygen atoms in total. The summed E-state index contributed by atoms with van der Waals surface area (Å²) in [6.45, 7) is 0.0495. The quantitative estimate of drug-likeness (QED) is 0.875. The molecule has 1 atom stereocenters. The number of benzene rings is 2. The van der Waals surface area contributed by atoms with E-state index in [0.717, 1.165) is 5.56 Å². The first-order valence-electron chi connectivity index (χ1n) is 6.16. The average molecular weight is 345 g/mol. The standard InChI is InChI=1S/C14H14Cl2N2O2S/c15-11-7-4-8-12(16)14(11)21(19,20)18-9-13(17)10-5-2-1-3-6-10/h1-8,13,18H,9,17H2. The summed E-state index contributed by atoms with van der Waals surface area (Å²) in [6.07, 6.45) is 0. The van der Waals surface area contributed by atoms with Crippen LogP contribution in [0.2, 0.25) is 10.0 Å². The highest BCUT2D eigenvalue weighted by Crippen LogP contribution is 2.28. The summed E-state index contributed by atoms with van der Waals surface area (Å²) in [5.74, 6) is 0. The Morgan fingerprint density at radius 3 is 2.14 bits per heavy atom. The second-order valence-corrected chi connectivity index (χ2v) is 6.94. The fourth-order valence-corrected chi connectivity index (χ4v) is 4.03. The first kappa shape index (κ1) is 16.3. The maximum absolute atomic E-state index is 12.3. The summed E-state index contributed by atoms with van der Waals surface area (Å²) < 4.78 is 27.0. The summed E-state index contributed by atoms with van der Waals surface area (Å²) in [5, 5.41) is 0.145. The molecule has 7 heteroatoms. The second kappa shape index (κ2) is 6.77. The van der Waals surface area contributed by atoms with Gasteiger partial charge in [-0.15, -0.1) is 0 Å². The molecular weight excluding hydrogens is 331 g/mol. The molecule has 0 aliphatic rings. The second-order valence-electron chi connectivity index (χ2n) is 4.42. The number of halogens is 2. The summed E-state index contributed by atoms with van der Waals surface area (Å²) in [5.41, 5.74) is 6.80. The fourth-order valence-electron chi connectivity index (χ4n) is 1.83. The van der Waals surface area contributed by atoms with Gasteiger partial charge in [0.25, 0.3) is 0 Å². The summed E-state index contributed by atoms with van der Waals surface area (Å²) in [7, 11) is -3.82. The number of nitrogens with two attached hydrogens (primary N) is 1. The topological polar surface area (TPSA) is 72.2 Å².